The second kappa shape index (κ2) is 4.07. The molecule has 1 heteroatoms. The lowest BCUT2D eigenvalue weighted by molar-refractivity contribution is 0.580. The van der Waals surface area contributed by atoms with Gasteiger partial charge in [0.25, 0.3) is 0 Å². The molecule has 0 bridgehead atoms. The number of rotatable bonds is 1. The topological polar surface area (TPSA) is 0 Å². The molecule has 1 aliphatic carbocycles. The molecule has 1 atom stereocenters. The summed E-state index contributed by atoms with van der Waals surface area (Å²) in [5, 5.41) is 0. The standard InChI is InChI=1S/C9H16S/c1-2-8-6-4-3-5-7-9(8)10/h8H,2-7H2,1H3. The fourth-order valence-electron chi connectivity index (χ4n) is 1.66. The fraction of sp³-hybridized carbons (Fsp3) is 0.889. The third-order valence-corrected chi connectivity index (χ3v) is 2.96. The molecule has 0 nitrogen and oxygen atoms in total. The van der Waals surface area contributed by atoms with Crippen molar-refractivity contribution in [2.45, 2.75) is 45.4 Å². The average Bonchev–Trinajstić information content (AvgIpc) is 2.13. The summed E-state index contributed by atoms with van der Waals surface area (Å²) in [5.74, 6) is 0.775. The SMILES string of the molecule is CCC1CCCCCC1=S. The van der Waals surface area contributed by atoms with E-state index in [0.717, 1.165) is 5.92 Å². The average molecular weight is 156 g/mol. The van der Waals surface area contributed by atoms with E-state index in [-0.39, 0.29) is 0 Å². The van der Waals surface area contributed by atoms with Crippen LogP contribution in [-0.4, -0.2) is 4.86 Å². The van der Waals surface area contributed by atoms with E-state index in [2.05, 4.69) is 6.92 Å². The molecule has 58 valence electrons. The van der Waals surface area contributed by atoms with E-state index >= 15 is 0 Å². The molecule has 1 saturated carbocycles. The van der Waals surface area contributed by atoms with Gasteiger partial charge >= 0.3 is 0 Å². The van der Waals surface area contributed by atoms with Crippen LogP contribution in [0.25, 0.3) is 0 Å². The fourth-order valence-corrected chi connectivity index (χ4v) is 2.09. The molecule has 0 heterocycles. The molecule has 0 spiro atoms. The van der Waals surface area contributed by atoms with Gasteiger partial charge in [-0.25, -0.2) is 0 Å². The summed E-state index contributed by atoms with van der Waals surface area (Å²) in [6, 6.07) is 0. The molecule has 1 aliphatic rings. The minimum atomic E-state index is 0.775. The summed E-state index contributed by atoms with van der Waals surface area (Å²) in [6.45, 7) is 2.25. The van der Waals surface area contributed by atoms with Gasteiger partial charge in [0.15, 0.2) is 0 Å². The van der Waals surface area contributed by atoms with Gasteiger partial charge in [-0.15, -0.1) is 0 Å². The van der Waals surface area contributed by atoms with Crippen LogP contribution in [0.3, 0.4) is 0 Å². The van der Waals surface area contributed by atoms with Crippen molar-refractivity contribution < 1.29 is 0 Å². The Balaban J connectivity index is 2.43. The van der Waals surface area contributed by atoms with Crippen molar-refractivity contribution in [2.24, 2.45) is 5.92 Å². The van der Waals surface area contributed by atoms with Crippen LogP contribution < -0.4 is 0 Å². The lowest BCUT2D eigenvalue weighted by Gasteiger charge is -2.10. The third-order valence-electron chi connectivity index (χ3n) is 2.42. The van der Waals surface area contributed by atoms with E-state index < -0.39 is 0 Å². The lowest BCUT2D eigenvalue weighted by atomic mass is 9.98. The maximum atomic E-state index is 5.31. The Bertz CT molecular complexity index is 118. The first kappa shape index (κ1) is 8.19. The summed E-state index contributed by atoms with van der Waals surface area (Å²) in [5.41, 5.74) is 0. The second-order valence-corrected chi connectivity index (χ2v) is 3.70. The van der Waals surface area contributed by atoms with Crippen molar-refractivity contribution in [1.29, 1.82) is 0 Å². The van der Waals surface area contributed by atoms with Crippen LogP contribution >= 0.6 is 12.2 Å². The van der Waals surface area contributed by atoms with Gasteiger partial charge in [0.1, 0.15) is 0 Å². The molecule has 0 aromatic rings. The minimum Gasteiger partial charge on any atom is -0.0894 e. The van der Waals surface area contributed by atoms with Crippen LogP contribution in [0.2, 0.25) is 0 Å². The first-order chi connectivity index (χ1) is 4.84. The molecule has 10 heavy (non-hydrogen) atoms. The van der Waals surface area contributed by atoms with Crippen LogP contribution in [0.1, 0.15) is 45.4 Å². The maximum absolute atomic E-state index is 5.31. The molecular formula is C9H16S. The number of thiocarbonyl (C=S) groups is 1. The minimum absolute atomic E-state index is 0.775. The van der Waals surface area contributed by atoms with Crippen molar-refractivity contribution in [3.63, 3.8) is 0 Å². The summed E-state index contributed by atoms with van der Waals surface area (Å²) in [6.07, 6.45) is 7.98. The summed E-state index contributed by atoms with van der Waals surface area (Å²) >= 11 is 5.31. The van der Waals surface area contributed by atoms with Crippen LogP contribution in [0.4, 0.5) is 0 Å². The van der Waals surface area contributed by atoms with Gasteiger partial charge in [-0.1, -0.05) is 32.0 Å². The predicted octanol–water partition coefficient (Wildman–Crippen LogP) is 3.35. The highest BCUT2D eigenvalue weighted by Gasteiger charge is 2.14. The Morgan fingerprint density at radius 3 is 2.90 bits per heavy atom. The molecule has 0 radical (unpaired) electrons. The molecule has 0 aromatic carbocycles. The Labute approximate surface area is 69.0 Å². The van der Waals surface area contributed by atoms with Gasteiger partial charge in [0, 0.05) is 0 Å². The monoisotopic (exact) mass is 156 g/mol. The van der Waals surface area contributed by atoms with Crippen molar-refractivity contribution in [2.75, 3.05) is 0 Å². The maximum Gasteiger partial charge on any atom is -0.00407 e. The van der Waals surface area contributed by atoms with Gasteiger partial charge < -0.3 is 0 Å². The zero-order valence-corrected chi connectivity index (χ0v) is 7.54. The third kappa shape index (κ3) is 2.05. The van der Waals surface area contributed by atoms with Crippen LogP contribution in [0.5, 0.6) is 0 Å². The van der Waals surface area contributed by atoms with Gasteiger partial charge in [-0.05, 0) is 36.5 Å². The zero-order valence-electron chi connectivity index (χ0n) is 6.73. The molecule has 1 fully saturated rings. The molecule has 1 rings (SSSR count). The largest absolute Gasteiger partial charge is 0.0894 e. The Hall–Kier alpha value is 0.0900. The highest BCUT2D eigenvalue weighted by molar-refractivity contribution is 7.80. The van der Waals surface area contributed by atoms with Gasteiger partial charge in [-0.3, -0.25) is 0 Å². The summed E-state index contributed by atoms with van der Waals surface area (Å²) in [7, 11) is 0. The van der Waals surface area contributed by atoms with Crippen molar-refractivity contribution in [3.8, 4) is 0 Å². The van der Waals surface area contributed by atoms with Gasteiger partial charge in [0.05, 0.1) is 0 Å². The first-order valence-corrected chi connectivity index (χ1v) is 4.78. The van der Waals surface area contributed by atoms with E-state index in [1.165, 1.54) is 43.4 Å². The van der Waals surface area contributed by atoms with Gasteiger partial charge in [-0.2, -0.15) is 0 Å². The van der Waals surface area contributed by atoms with E-state index in [1.54, 1.807) is 0 Å². The van der Waals surface area contributed by atoms with Crippen LogP contribution in [0.15, 0.2) is 0 Å². The summed E-state index contributed by atoms with van der Waals surface area (Å²) in [4.78, 5) is 1.35. The molecule has 0 aliphatic heterocycles. The highest BCUT2D eigenvalue weighted by Crippen LogP contribution is 2.23. The quantitative estimate of drug-likeness (QED) is 0.414. The van der Waals surface area contributed by atoms with E-state index in [0.29, 0.717) is 0 Å². The number of hydrogen-bond acceptors (Lipinski definition) is 1. The second-order valence-electron chi connectivity index (χ2n) is 3.17. The smallest absolute Gasteiger partial charge is 0.00407 e. The highest BCUT2D eigenvalue weighted by atomic mass is 32.1. The molecule has 1 unspecified atom stereocenters. The lowest BCUT2D eigenvalue weighted by Crippen LogP contribution is -2.08. The molecule has 0 N–H and O–H groups in total. The Morgan fingerprint density at radius 1 is 1.40 bits per heavy atom. The van der Waals surface area contributed by atoms with Crippen molar-refractivity contribution >= 4 is 17.1 Å². The van der Waals surface area contributed by atoms with Crippen LogP contribution in [-0.2, 0) is 0 Å². The van der Waals surface area contributed by atoms with Crippen LogP contribution in [0, 0.1) is 5.92 Å². The summed E-state index contributed by atoms with van der Waals surface area (Å²) < 4.78 is 0. The van der Waals surface area contributed by atoms with Crippen molar-refractivity contribution in [3.05, 3.63) is 0 Å². The van der Waals surface area contributed by atoms with Gasteiger partial charge in [0.2, 0.25) is 0 Å². The predicted molar refractivity (Wildman–Crippen MR) is 49.5 cm³/mol. The molecular weight excluding hydrogens is 140 g/mol. The normalized spacial score (nSPS) is 28.1. The van der Waals surface area contributed by atoms with E-state index in [9.17, 15) is 0 Å². The molecule has 0 saturated heterocycles. The number of hydrogen-bond donors (Lipinski definition) is 0. The Morgan fingerprint density at radius 2 is 2.20 bits per heavy atom. The van der Waals surface area contributed by atoms with E-state index in [4.69, 9.17) is 12.2 Å². The zero-order chi connectivity index (χ0) is 7.40. The Kier molecular flexibility index (Phi) is 3.33. The molecule has 0 amide bonds. The van der Waals surface area contributed by atoms with E-state index in [1.807, 2.05) is 0 Å². The first-order valence-electron chi connectivity index (χ1n) is 4.37. The molecule has 0 aromatic heterocycles. The van der Waals surface area contributed by atoms with Crippen molar-refractivity contribution in [1.82, 2.24) is 0 Å².